The maximum Gasteiger partial charge on any atom is 0.258 e. The van der Waals surface area contributed by atoms with Gasteiger partial charge in [0, 0.05) is 20.2 Å². The molecule has 0 radical (unpaired) electrons. The molecule has 1 unspecified atom stereocenters. The van der Waals surface area contributed by atoms with Crippen LogP contribution in [0.2, 0.25) is 5.22 Å². The molecular weight excluding hydrogens is 242 g/mol. The molecule has 2 heterocycles. The molecule has 1 aromatic rings. The molecule has 1 aromatic heterocycles. The van der Waals surface area contributed by atoms with Gasteiger partial charge >= 0.3 is 0 Å². The van der Waals surface area contributed by atoms with Crippen LogP contribution in [0.5, 0.6) is 0 Å². The van der Waals surface area contributed by atoms with Gasteiger partial charge in [0.05, 0.1) is 18.4 Å². The molecule has 94 valence electrons. The van der Waals surface area contributed by atoms with Crippen molar-refractivity contribution in [3.63, 3.8) is 0 Å². The van der Waals surface area contributed by atoms with Crippen molar-refractivity contribution in [2.75, 3.05) is 26.8 Å². The van der Waals surface area contributed by atoms with Gasteiger partial charge in [-0.25, -0.2) is 0 Å². The molecule has 0 N–H and O–H groups in total. The van der Waals surface area contributed by atoms with E-state index in [1.54, 1.807) is 13.2 Å². The van der Waals surface area contributed by atoms with Crippen molar-refractivity contribution in [2.24, 2.45) is 5.92 Å². The third-order valence-electron chi connectivity index (χ3n) is 3.06. The van der Waals surface area contributed by atoms with Gasteiger partial charge in [-0.3, -0.25) is 4.79 Å². The maximum absolute atomic E-state index is 12.2. The van der Waals surface area contributed by atoms with Crippen molar-refractivity contribution in [2.45, 2.75) is 12.8 Å². The first-order chi connectivity index (χ1) is 8.22. The van der Waals surface area contributed by atoms with Crippen LogP contribution in [0.25, 0.3) is 0 Å². The highest BCUT2D eigenvalue weighted by molar-refractivity contribution is 6.32. The number of methoxy groups -OCH3 is 1. The highest BCUT2D eigenvalue weighted by Gasteiger charge is 2.26. The van der Waals surface area contributed by atoms with Crippen LogP contribution in [0.1, 0.15) is 23.2 Å². The molecule has 0 bridgehead atoms. The average Bonchev–Trinajstić information content (AvgIpc) is 2.75. The van der Waals surface area contributed by atoms with E-state index in [0.29, 0.717) is 18.1 Å². The number of furan rings is 1. The monoisotopic (exact) mass is 257 g/mol. The van der Waals surface area contributed by atoms with Crippen LogP contribution in [-0.2, 0) is 4.74 Å². The zero-order chi connectivity index (χ0) is 12.3. The summed E-state index contributed by atoms with van der Waals surface area (Å²) in [6, 6.07) is 1.62. The molecule has 0 saturated carbocycles. The summed E-state index contributed by atoms with van der Waals surface area (Å²) < 4.78 is 10.1. The summed E-state index contributed by atoms with van der Waals surface area (Å²) >= 11 is 5.81. The maximum atomic E-state index is 12.2. The fraction of sp³-hybridized carbons (Fsp3) is 0.583. The van der Waals surface area contributed by atoms with Gasteiger partial charge in [-0.05, 0) is 36.4 Å². The van der Waals surface area contributed by atoms with Gasteiger partial charge in [0.1, 0.15) is 0 Å². The summed E-state index contributed by atoms with van der Waals surface area (Å²) in [5, 5.41) is 0.170. The van der Waals surface area contributed by atoms with Crippen LogP contribution in [0.15, 0.2) is 16.7 Å². The molecule has 5 heteroatoms. The Balaban J connectivity index is 2.02. The largest absolute Gasteiger partial charge is 0.452 e. The Kier molecular flexibility index (Phi) is 4.07. The Morgan fingerprint density at radius 2 is 2.53 bits per heavy atom. The third kappa shape index (κ3) is 2.82. The van der Waals surface area contributed by atoms with Crippen molar-refractivity contribution >= 4 is 17.5 Å². The summed E-state index contributed by atoms with van der Waals surface area (Å²) in [6.45, 7) is 2.21. The van der Waals surface area contributed by atoms with Crippen molar-refractivity contribution in [1.82, 2.24) is 4.90 Å². The predicted octanol–water partition coefficient (Wildman–Crippen LogP) is 2.43. The Morgan fingerprint density at radius 1 is 1.71 bits per heavy atom. The van der Waals surface area contributed by atoms with Crippen molar-refractivity contribution in [1.29, 1.82) is 0 Å². The molecule has 1 fully saturated rings. The van der Waals surface area contributed by atoms with Gasteiger partial charge in [0.15, 0.2) is 0 Å². The van der Waals surface area contributed by atoms with E-state index in [1.807, 2.05) is 4.90 Å². The van der Waals surface area contributed by atoms with E-state index in [1.165, 1.54) is 6.26 Å². The Bertz CT molecular complexity index is 389. The van der Waals surface area contributed by atoms with Gasteiger partial charge in [0.25, 0.3) is 5.91 Å². The van der Waals surface area contributed by atoms with E-state index >= 15 is 0 Å². The number of hydrogen-bond acceptors (Lipinski definition) is 3. The molecule has 1 amide bonds. The number of hydrogen-bond donors (Lipinski definition) is 0. The summed E-state index contributed by atoms with van der Waals surface area (Å²) in [7, 11) is 1.69. The minimum absolute atomic E-state index is 0.0513. The molecule has 0 aliphatic carbocycles. The van der Waals surface area contributed by atoms with E-state index in [2.05, 4.69) is 0 Å². The van der Waals surface area contributed by atoms with Gasteiger partial charge < -0.3 is 14.1 Å². The van der Waals surface area contributed by atoms with Gasteiger partial charge in [-0.2, -0.15) is 0 Å². The number of carbonyl (C=O) groups is 1. The zero-order valence-corrected chi connectivity index (χ0v) is 10.6. The van der Waals surface area contributed by atoms with Crippen LogP contribution < -0.4 is 0 Å². The number of carbonyl (C=O) groups excluding carboxylic acids is 1. The third-order valence-corrected chi connectivity index (χ3v) is 3.35. The van der Waals surface area contributed by atoms with Crippen LogP contribution in [0, 0.1) is 5.92 Å². The first-order valence-corrected chi connectivity index (χ1v) is 6.11. The van der Waals surface area contributed by atoms with Crippen molar-refractivity contribution in [3.8, 4) is 0 Å². The topological polar surface area (TPSA) is 42.7 Å². The predicted molar refractivity (Wildman–Crippen MR) is 64.2 cm³/mol. The Labute approximate surface area is 105 Å². The van der Waals surface area contributed by atoms with Gasteiger partial charge in [0.2, 0.25) is 5.22 Å². The minimum Gasteiger partial charge on any atom is -0.452 e. The van der Waals surface area contributed by atoms with Gasteiger partial charge in [-0.15, -0.1) is 0 Å². The summed E-state index contributed by atoms with van der Waals surface area (Å²) in [5.74, 6) is 0.368. The highest BCUT2D eigenvalue weighted by Crippen LogP contribution is 2.23. The molecule has 2 rings (SSSR count). The second-order valence-corrected chi connectivity index (χ2v) is 4.67. The molecule has 1 saturated heterocycles. The number of halogens is 1. The number of nitrogens with zero attached hydrogens (tertiary/aromatic N) is 1. The van der Waals surface area contributed by atoms with E-state index in [9.17, 15) is 4.79 Å². The Hall–Kier alpha value is -1.00. The first-order valence-electron chi connectivity index (χ1n) is 5.73. The van der Waals surface area contributed by atoms with E-state index < -0.39 is 0 Å². The standard InChI is InChI=1S/C12H16ClNO3/c1-16-8-9-3-2-5-14(7-9)12(15)10-4-6-17-11(10)13/h4,6,9H,2-3,5,7-8H2,1H3. The van der Waals surface area contributed by atoms with Crippen molar-refractivity contribution < 1.29 is 13.9 Å². The smallest absolute Gasteiger partial charge is 0.258 e. The van der Waals surface area contributed by atoms with E-state index in [0.717, 1.165) is 25.9 Å². The first kappa shape index (κ1) is 12.5. The second kappa shape index (κ2) is 5.56. The summed E-state index contributed by atoms with van der Waals surface area (Å²) in [6.07, 6.45) is 3.55. The van der Waals surface area contributed by atoms with Crippen LogP contribution in [0.4, 0.5) is 0 Å². The van der Waals surface area contributed by atoms with E-state index in [4.69, 9.17) is 20.8 Å². The van der Waals surface area contributed by atoms with Crippen LogP contribution in [-0.4, -0.2) is 37.6 Å². The fourth-order valence-corrected chi connectivity index (χ4v) is 2.43. The lowest BCUT2D eigenvalue weighted by molar-refractivity contribution is 0.0570. The second-order valence-electron chi connectivity index (χ2n) is 4.32. The lowest BCUT2D eigenvalue weighted by Crippen LogP contribution is -2.41. The van der Waals surface area contributed by atoms with Crippen LogP contribution >= 0.6 is 11.6 Å². The molecule has 4 nitrogen and oxygen atoms in total. The molecule has 0 aromatic carbocycles. The molecule has 17 heavy (non-hydrogen) atoms. The highest BCUT2D eigenvalue weighted by atomic mass is 35.5. The molecule has 1 atom stereocenters. The normalized spacial score (nSPS) is 20.6. The minimum atomic E-state index is -0.0513. The van der Waals surface area contributed by atoms with E-state index in [-0.39, 0.29) is 11.1 Å². The lowest BCUT2D eigenvalue weighted by Gasteiger charge is -2.32. The van der Waals surface area contributed by atoms with Crippen molar-refractivity contribution in [3.05, 3.63) is 23.1 Å². The summed E-state index contributed by atoms with van der Waals surface area (Å²) in [4.78, 5) is 14.0. The average molecular weight is 258 g/mol. The molecule has 1 aliphatic rings. The number of piperidine rings is 1. The lowest BCUT2D eigenvalue weighted by atomic mass is 9.98. The number of amides is 1. The fourth-order valence-electron chi connectivity index (χ4n) is 2.24. The SMILES string of the molecule is COCC1CCCN(C(=O)c2ccoc2Cl)C1. The van der Waals surface area contributed by atoms with Gasteiger partial charge in [-0.1, -0.05) is 0 Å². The van der Waals surface area contributed by atoms with Crippen LogP contribution in [0.3, 0.4) is 0 Å². The number of rotatable bonds is 3. The molecular formula is C12H16ClNO3. The molecule has 1 aliphatic heterocycles. The molecule has 0 spiro atoms. The number of likely N-dealkylation sites (tertiary alicyclic amines) is 1. The number of ether oxygens (including phenoxy) is 1. The Morgan fingerprint density at radius 3 is 3.18 bits per heavy atom. The quantitative estimate of drug-likeness (QED) is 0.835. The summed E-state index contributed by atoms with van der Waals surface area (Å²) in [5.41, 5.74) is 0.449. The zero-order valence-electron chi connectivity index (χ0n) is 9.82.